The molecule has 1 saturated carbocycles. The van der Waals surface area contributed by atoms with Crippen molar-refractivity contribution in [1.29, 1.82) is 0 Å². The van der Waals surface area contributed by atoms with Crippen molar-refractivity contribution in [2.45, 2.75) is 33.1 Å². The van der Waals surface area contributed by atoms with Gasteiger partial charge in [0.05, 0.1) is 5.56 Å². The van der Waals surface area contributed by atoms with Gasteiger partial charge in [0.25, 0.3) is 5.91 Å². The Labute approximate surface area is 126 Å². The molecule has 0 spiro atoms. The zero-order valence-electron chi connectivity index (χ0n) is 12.3. The summed E-state index contributed by atoms with van der Waals surface area (Å²) in [7, 11) is 0. The molecule has 110 valence electrons. The van der Waals surface area contributed by atoms with Crippen LogP contribution in [-0.4, -0.2) is 30.4 Å². The highest BCUT2D eigenvalue weighted by Crippen LogP contribution is 2.28. The predicted molar refractivity (Wildman–Crippen MR) is 84.5 cm³/mol. The number of amides is 1. The lowest BCUT2D eigenvalue weighted by Crippen LogP contribution is -2.37. The largest absolute Gasteiger partial charge is 0.385 e. The van der Waals surface area contributed by atoms with Crippen LogP contribution in [0.5, 0.6) is 0 Å². The topological polar surface area (TPSA) is 32.3 Å². The molecule has 0 heterocycles. The first-order valence-corrected chi connectivity index (χ1v) is 7.86. The second-order valence-electron chi connectivity index (χ2n) is 5.36. The smallest absolute Gasteiger partial charge is 0.256 e. The minimum absolute atomic E-state index is 0.0813. The molecule has 0 saturated heterocycles. The Hall–Kier alpha value is -1.22. The Morgan fingerprint density at radius 2 is 2.15 bits per heavy atom. The van der Waals surface area contributed by atoms with E-state index < -0.39 is 0 Å². The van der Waals surface area contributed by atoms with Crippen LogP contribution in [0.3, 0.4) is 0 Å². The summed E-state index contributed by atoms with van der Waals surface area (Å²) in [5.41, 5.74) is 1.55. The van der Waals surface area contributed by atoms with Crippen molar-refractivity contribution in [3.8, 4) is 0 Å². The number of carbonyl (C=O) groups excluding carboxylic acids is 1. The van der Waals surface area contributed by atoms with Crippen LogP contribution < -0.4 is 5.32 Å². The third-order valence-electron chi connectivity index (χ3n) is 3.95. The molecule has 1 aliphatic carbocycles. The first-order valence-electron chi connectivity index (χ1n) is 7.48. The average molecular weight is 295 g/mol. The average Bonchev–Trinajstić information content (AvgIpc) is 2.39. The van der Waals surface area contributed by atoms with Crippen molar-refractivity contribution in [3.63, 3.8) is 0 Å². The number of rotatable bonds is 6. The number of carbonyl (C=O) groups is 1. The van der Waals surface area contributed by atoms with Gasteiger partial charge in [-0.1, -0.05) is 18.0 Å². The maximum atomic E-state index is 12.7. The van der Waals surface area contributed by atoms with E-state index in [0.29, 0.717) is 16.5 Å². The maximum absolute atomic E-state index is 12.7. The van der Waals surface area contributed by atoms with Gasteiger partial charge in [-0.2, -0.15) is 0 Å². The number of halogens is 1. The van der Waals surface area contributed by atoms with Gasteiger partial charge in [0, 0.05) is 30.3 Å². The molecule has 0 bridgehead atoms. The van der Waals surface area contributed by atoms with E-state index in [0.717, 1.165) is 25.3 Å². The van der Waals surface area contributed by atoms with Gasteiger partial charge >= 0.3 is 0 Å². The van der Waals surface area contributed by atoms with Crippen LogP contribution in [0.25, 0.3) is 0 Å². The number of benzene rings is 1. The van der Waals surface area contributed by atoms with Gasteiger partial charge < -0.3 is 10.2 Å². The predicted octanol–water partition coefficient (Wildman–Crippen LogP) is 4.03. The highest BCUT2D eigenvalue weighted by molar-refractivity contribution is 6.31. The van der Waals surface area contributed by atoms with Gasteiger partial charge in [0.2, 0.25) is 0 Å². The summed E-state index contributed by atoms with van der Waals surface area (Å²) in [6, 6.07) is 5.47. The molecule has 1 aromatic rings. The molecule has 3 nitrogen and oxygen atoms in total. The van der Waals surface area contributed by atoms with Crippen LogP contribution in [-0.2, 0) is 0 Å². The van der Waals surface area contributed by atoms with Gasteiger partial charge in [0.1, 0.15) is 0 Å². The summed E-state index contributed by atoms with van der Waals surface area (Å²) in [6.07, 6.45) is 3.80. The van der Waals surface area contributed by atoms with Crippen molar-refractivity contribution < 1.29 is 4.79 Å². The molecular weight excluding hydrogens is 272 g/mol. The third kappa shape index (κ3) is 3.45. The van der Waals surface area contributed by atoms with Gasteiger partial charge in [-0.3, -0.25) is 4.79 Å². The lowest BCUT2D eigenvalue weighted by molar-refractivity contribution is 0.0707. The van der Waals surface area contributed by atoms with Crippen LogP contribution in [0.1, 0.15) is 43.5 Å². The highest BCUT2D eigenvalue weighted by Gasteiger charge is 2.24. The zero-order chi connectivity index (χ0) is 14.5. The number of hydrogen-bond acceptors (Lipinski definition) is 2. The Bertz CT molecular complexity index is 472. The third-order valence-corrected chi connectivity index (χ3v) is 4.19. The quantitative estimate of drug-likeness (QED) is 0.859. The number of nitrogens with one attached hydrogen (secondary N) is 1. The van der Waals surface area contributed by atoms with Crippen LogP contribution in [0.2, 0.25) is 5.02 Å². The molecule has 4 heteroatoms. The standard InChI is InChI=1S/C16H23ClN2O/c1-3-18-15-9-8-13(17)10-14(15)16(20)19(4-2)11-12-6-5-7-12/h8-10,12,18H,3-7,11H2,1-2H3. The van der Waals surface area contributed by atoms with Gasteiger partial charge in [0.15, 0.2) is 0 Å². The van der Waals surface area contributed by atoms with E-state index in [1.54, 1.807) is 6.07 Å². The molecular formula is C16H23ClN2O. The van der Waals surface area contributed by atoms with Gasteiger partial charge in [-0.25, -0.2) is 0 Å². The van der Waals surface area contributed by atoms with E-state index in [-0.39, 0.29) is 5.91 Å². The van der Waals surface area contributed by atoms with Crippen LogP contribution >= 0.6 is 11.6 Å². The lowest BCUT2D eigenvalue weighted by Gasteiger charge is -2.32. The fraction of sp³-hybridized carbons (Fsp3) is 0.562. The van der Waals surface area contributed by atoms with Crippen molar-refractivity contribution in [3.05, 3.63) is 28.8 Å². The SMILES string of the molecule is CCNc1ccc(Cl)cc1C(=O)N(CC)CC1CCC1. The summed E-state index contributed by atoms with van der Waals surface area (Å²) >= 11 is 6.05. The van der Waals surface area contributed by atoms with E-state index in [1.807, 2.05) is 30.9 Å². The zero-order valence-corrected chi connectivity index (χ0v) is 13.0. The van der Waals surface area contributed by atoms with Crippen LogP contribution in [0, 0.1) is 5.92 Å². The monoisotopic (exact) mass is 294 g/mol. The second kappa shape index (κ2) is 6.98. The van der Waals surface area contributed by atoms with Crippen molar-refractivity contribution in [2.75, 3.05) is 25.0 Å². The van der Waals surface area contributed by atoms with Gasteiger partial charge in [-0.15, -0.1) is 0 Å². The number of hydrogen-bond donors (Lipinski definition) is 1. The number of nitrogens with zero attached hydrogens (tertiary/aromatic N) is 1. The minimum atomic E-state index is 0.0813. The first-order chi connectivity index (χ1) is 9.65. The molecule has 1 amide bonds. The molecule has 1 N–H and O–H groups in total. The van der Waals surface area contributed by atoms with E-state index in [9.17, 15) is 4.79 Å². The van der Waals surface area contributed by atoms with Crippen molar-refractivity contribution >= 4 is 23.2 Å². The van der Waals surface area contributed by atoms with Crippen molar-refractivity contribution in [2.24, 2.45) is 5.92 Å². The molecule has 0 atom stereocenters. The van der Waals surface area contributed by atoms with Gasteiger partial charge in [-0.05, 0) is 50.8 Å². The Morgan fingerprint density at radius 1 is 1.40 bits per heavy atom. The molecule has 20 heavy (non-hydrogen) atoms. The summed E-state index contributed by atoms with van der Waals surface area (Å²) in [4.78, 5) is 14.7. The number of anilines is 1. The Kier molecular flexibility index (Phi) is 5.30. The summed E-state index contributed by atoms with van der Waals surface area (Å²) in [5, 5.41) is 3.84. The van der Waals surface area contributed by atoms with Crippen molar-refractivity contribution in [1.82, 2.24) is 4.90 Å². The molecule has 1 fully saturated rings. The molecule has 1 aromatic carbocycles. The normalized spacial score (nSPS) is 14.8. The van der Waals surface area contributed by atoms with E-state index in [4.69, 9.17) is 11.6 Å². The Morgan fingerprint density at radius 3 is 2.70 bits per heavy atom. The summed E-state index contributed by atoms with van der Waals surface area (Å²) in [5.74, 6) is 0.763. The molecule has 1 aliphatic rings. The fourth-order valence-corrected chi connectivity index (χ4v) is 2.72. The Balaban J connectivity index is 2.18. The molecule has 0 aromatic heterocycles. The van der Waals surface area contributed by atoms with E-state index in [1.165, 1.54) is 19.3 Å². The van der Waals surface area contributed by atoms with E-state index in [2.05, 4.69) is 5.32 Å². The van der Waals surface area contributed by atoms with Crippen LogP contribution in [0.15, 0.2) is 18.2 Å². The maximum Gasteiger partial charge on any atom is 0.256 e. The fourth-order valence-electron chi connectivity index (χ4n) is 2.55. The molecule has 0 aliphatic heterocycles. The molecule has 0 unspecified atom stereocenters. The van der Waals surface area contributed by atoms with E-state index >= 15 is 0 Å². The van der Waals surface area contributed by atoms with Crippen LogP contribution in [0.4, 0.5) is 5.69 Å². The summed E-state index contributed by atoms with van der Waals surface area (Å²) < 4.78 is 0. The second-order valence-corrected chi connectivity index (χ2v) is 5.80. The highest BCUT2D eigenvalue weighted by atomic mass is 35.5. The first kappa shape index (κ1) is 15.2. The lowest BCUT2D eigenvalue weighted by atomic mass is 9.85. The molecule has 0 radical (unpaired) electrons. The minimum Gasteiger partial charge on any atom is -0.385 e. The molecule has 2 rings (SSSR count). The summed E-state index contributed by atoms with van der Waals surface area (Å²) in [6.45, 7) is 6.46.